The average Bonchev–Trinajstić information content (AvgIpc) is 2.08. The predicted octanol–water partition coefficient (Wildman–Crippen LogP) is -1.02. The van der Waals surface area contributed by atoms with Gasteiger partial charge >= 0.3 is 6.03 Å². The largest absolute Gasteiger partial charge is 0.368 e. The van der Waals surface area contributed by atoms with Crippen molar-refractivity contribution in [2.24, 2.45) is 21.6 Å². The first-order valence-corrected chi connectivity index (χ1v) is 3.96. The number of carbonyl (C=O) groups excluding carboxylic acids is 2. The zero-order valence-electron chi connectivity index (χ0n) is 7.64. The normalized spacial score (nSPS) is 10.9. The Morgan fingerprint density at radius 1 is 1.21 bits per heavy atom. The second-order valence-electron chi connectivity index (χ2n) is 2.35. The van der Waals surface area contributed by atoms with Crippen molar-refractivity contribution in [2.75, 3.05) is 6.54 Å². The number of hydrogen-bond acceptors (Lipinski definition) is 4. The number of rotatable bonds is 6. The molecule has 0 saturated heterocycles. The summed E-state index contributed by atoms with van der Waals surface area (Å²) in [6.45, 7) is -0.00329. The highest BCUT2D eigenvalue weighted by Gasteiger charge is 1.86. The van der Waals surface area contributed by atoms with Crippen molar-refractivity contribution < 1.29 is 9.59 Å². The zero-order valence-corrected chi connectivity index (χ0v) is 7.64. The van der Waals surface area contributed by atoms with Crippen molar-refractivity contribution in [2.45, 2.75) is 12.8 Å². The van der Waals surface area contributed by atoms with Crippen molar-refractivity contribution in [1.29, 1.82) is 0 Å². The number of amides is 3. The van der Waals surface area contributed by atoms with Crippen molar-refractivity contribution in [3.63, 3.8) is 0 Å². The highest BCUT2D eigenvalue weighted by molar-refractivity contribution is 5.78. The number of hydrogen-bond donors (Lipinski definition) is 3. The van der Waals surface area contributed by atoms with E-state index < -0.39 is 11.9 Å². The van der Waals surface area contributed by atoms with E-state index in [4.69, 9.17) is 11.5 Å². The Hall–Kier alpha value is -1.92. The smallest absolute Gasteiger partial charge is 0.332 e. The fourth-order valence-electron chi connectivity index (χ4n) is 0.569. The number of hydrazone groups is 1. The van der Waals surface area contributed by atoms with Gasteiger partial charge in [0.05, 0.1) is 0 Å². The number of unbranched alkanes of at least 4 members (excludes halogenated alkanes) is 1. The van der Waals surface area contributed by atoms with Gasteiger partial charge in [-0.15, -0.1) is 0 Å². The van der Waals surface area contributed by atoms with Crippen molar-refractivity contribution in [3.8, 4) is 0 Å². The first-order valence-electron chi connectivity index (χ1n) is 3.96. The molecule has 0 radical (unpaired) electrons. The van der Waals surface area contributed by atoms with Crippen LogP contribution >= 0.6 is 0 Å². The third kappa shape index (κ3) is 10.1. The summed E-state index contributed by atoms with van der Waals surface area (Å²) in [4.78, 5) is 24.1. The topological polar surface area (TPSA) is 123 Å². The summed E-state index contributed by atoms with van der Waals surface area (Å²) in [6, 6.07) is -0.705. The van der Waals surface area contributed by atoms with Crippen LogP contribution in [0, 0.1) is 0 Å². The van der Waals surface area contributed by atoms with E-state index in [1.165, 1.54) is 6.21 Å². The molecule has 0 aromatic heterocycles. The fraction of sp³-hybridized carbons (Fsp3) is 0.429. The lowest BCUT2D eigenvalue weighted by Crippen LogP contribution is -2.24. The molecule has 3 amide bonds. The van der Waals surface area contributed by atoms with E-state index in [0.717, 1.165) is 0 Å². The van der Waals surface area contributed by atoms with Crippen LogP contribution in [0.4, 0.5) is 4.79 Å². The maximum absolute atomic E-state index is 10.2. The molecule has 78 valence electrons. The van der Waals surface area contributed by atoms with Gasteiger partial charge in [-0.2, -0.15) is 5.10 Å². The van der Waals surface area contributed by atoms with Crippen molar-refractivity contribution >= 4 is 24.4 Å². The lowest BCUT2D eigenvalue weighted by Gasteiger charge is -1.89. The highest BCUT2D eigenvalue weighted by atomic mass is 16.2. The lowest BCUT2D eigenvalue weighted by atomic mass is 10.3. The Labute approximate surface area is 81.2 Å². The molecule has 0 spiro atoms. The van der Waals surface area contributed by atoms with Crippen LogP contribution in [0.25, 0.3) is 0 Å². The molecule has 14 heavy (non-hydrogen) atoms. The number of nitrogens with two attached hydrogens (primary N) is 2. The second-order valence-corrected chi connectivity index (χ2v) is 2.35. The molecule has 0 saturated carbocycles. The van der Waals surface area contributed by atoms with Gasteiger partial charge in [-0.1, -0.05) is 0 Å². The molecule has 0 bridgehead atoms. The quantitative estimate of drug-likeness (QED) is 0.288. The summed E-state index contributed by atoms with van der Waals surface area (Å²) >= 11 is 0. The summed E-state index contributed by atoms with van der Waals surface area (Å²) < 4.78 is 0. The molecule has 7 nitrogen and oxygen atoms in total. The molecule has 0 heterocycles. The van der Waals surface area contributed by atoms with Crippen molar-refractivity contribution in [1.82, 2.24) is 5.43 Å². The third-order valence-electron chi connectivity index (χ3n) is 1.07. The van der Waals surface area contributed by atoms with Gasteiger partial charge in [0, 0.05) is 6.21 Å². The number of nitrogens with one attached hydrogen (secondary N) is 1. The van der Waals surface area contributed by atoms with Gasteiger partial charge in [0.1, 0.15) is 6.54 Å². The van der Waals surface area contributed by atoms with Crippen LogP contribution in [-0.4, -0.2) is 30.9 Å². The van der Waals surface area contributed by atoms with Crippen LogP contribution in [0.15, 0.2) is 10.1 Å². The molecule has 0 fully saturated rings. The lowest BCUT2D eigenvalue weighted by molar-refractivity contribution is -0.116. The Morgan fingerprint density at radius 3 is 2.43 bits per heavy atom. The second kappa shape index (κ2) is 7.71. The Balaban J connectivity index is 3.37. The van der Waals surface area contributed by atoms with Crippen LogP contribution in [-0.2, 0) is 4.79 Å². The minimum atomic E-state index is -0.705. The summed E-state index contributed by atoms with van der Waals surface area (Å²) in [7, 11) is 0. The van der Waals surface area contributed by atoms with Gasteiger partial charge in [-0.05, 0) is 19.1 Å². The minimum absolute atomic E-state index is 0.00329. The summed E-state index contributed by atoms with van der Waals surface area (Å²) in [5, 5.41) is 3.50. The van der Waals surface area contributed by atoms with Crippen LogP contribution in [0.5, 0.6) is 0 Å². The van der Waals surface area contributed by atoms with E-state index in [1.807, 2.05) is 5.43 Å². The molecular weight excluding hydrogens is 186 g/mol. The van der Waals surface area contributed by atoms with Gasteiger partial charge in [0.25, 0.3) is 0 Å². The van der Waals surface area contributed by atoms with Crippen LogP contribution in [0.3, 0.4) is 0 Å². The molecule has 0 aromatic carbocycles. The zero-order chi connectivity index (χ0) is 10.8. The molecule has 0 aromatic rings. The Morgan fingerprint density at radius 2 is 1.86 bits per heavy atom. The number of aliphatic imine (C=N–C) groups is 1. The summed E-state index contributed by atoms with van der Waals surface area (Å²) in [6.07, 6.45) is 4.28. The fourth-order valence-corrected chi connectivity index (χ4v) is 0.569. The number of urea groups is 1. The molecule has 0 rings (SSSR count). The van der Waals surface area contributed by atoms with E-state index in [9.17, 15) is 9.59 Å². The minimum Gasteiger partial charge on any atom is -0.368 e. The molecule has 7 heteroatoms. The van der Waals surface area contributed by atoms with Gasteiger partial charge in [-0.3, -0.25) is 9.79 Å². The van der Waals surface area contributed by atoms with E-state index in [0.29, 0.717) is 12.8 Å². The van der Waals surface area contributed by atoms with E-state index in [2.05, 4.69) is 10.1 Å². The first-order chi connectivity index (χ1) is 6.63. The maximum atomic E-state index is 10.2. The average molecular weight is 199 g/mol. The van der Waals surface area contributed by atoms with Crippen LogP contribution in [0.2, 0.25) is 0 Å². The molecule has 0 unspecified atom stereocenters. The Bertz CT molecular complexity index is 222. The van der Waals surface area contributed by atoms with Gasteiger partial charge < -0.3 is 11.5 Å². The monoisotopic (exact) mass is 199 g/mol. The third-order valence-corrected chi connectivity index (χ3v) is 1.07. The number of primary amides is 2. The molecule has 0 aliphatic rings. The molecule has 0 aliphatic heterocycles. The first kappa shape index (κ1) is 12.1. The number of carbonyl (C=O) groups is 2. The van der Waals surface area contributed by atoms with Crippen molar-refractivity contribution in [3.05, 3.63) is 0 Å². The molecule has 5 N–H and O–H groups in total. The molecular formula is C7H13N5O2. The summed E-state index contributed by atoms with van der Waals surface area (Å²) in [5.41, 5.74) is 11.6. The summed E-state index contributed by atoms with van der Waals surface area (Å²) in [5.74, 6) is -0.467. The SMILES string of the molecule is NC(=O)CN=CCC/C=N/NC(N)=O. The van der Waals surface area contributed by atoms with E-state index in [1.54, 1.807) is 6.21 Å². The van der Waals surface area contributed by atoms with Gasteiger partial charge in [0.15, 0.2) is 0 Å². The van der Waals surface area contributed by atoms with Crippen LogP contribution in [0.1, 0.15) is 12.8 Å². The molecule has 0 atom stereocenters. The molecule has 0 aliphatic carbocycles. The van der Waals surface area contributed by atoms with Gasteiger partial charge in [-0.25, -0.2) is 10.2 Å². The highest BCUT2D eigenvalue weighted by Crippen LogP contribution is 1.80. The van der Waals surface area contributed by atoms with E-state index >= 15 is 0 Å². The van der Waals surface area contributed by atoms with Crippen LogP contribution < -0.4 is 16.9 Å². The van der Waals surface area contributed by atoms with E-state index in [-0.39, 0.29) is 6.54 Å². The number of nitrogens with zero attached hydrogens (tertiary/aromatic N) is 2. The predicted molar refractivity (Wildman–Crippen MR) is 53.0 cm³/mol. The standard InChI is InChI=1S/C7H13N5O2/c8-6(13)5-10-3-1-2-4-11-12-7(9)14/h3-4H,1-2,5H2,(H2,8,13)(H3,9,12,14)/b10-3?,11-4+. The Kier molecular flexibility index (Phi) is 6.66. The van der Waals surface area contributed by atoms with Gasteiger partial charge in [0.2, 0.25) is 5.91 Å². The maximum Gasteiger partial charge on any atom is 0.332 e.